The Kier molecular flexibility index (Phi) is 10.7. The normalized spacial score (nSPS) is 19.8. The van der Waals surface area contributed by atoms with E-state index in [2.05, 4.69) is 51.0 Å². The van der Waals surface area contributed by atoms with Crippen LogP contribution in [-0.2, 0) is 9.47 Å². The van der Waals surface area contributed by atoms with Gasteiger partial charge in [0.1, 0.15) is 22.8 Å². The third kappa shape index (κ3) is 9.17. The number of nitrogens with zero attached hydrogens (tertiary/aromatic N) is 8. The van der Waals surface area contributed by atoms with E-state index in [1.807, 2.05) is 99.9 Å². The van der Waals surface area contributed by atoms with Crippen molar-refractivity contribution in [2.75, 3.05) is 48.3 Å². The van der Waals surface area contributed by atoms with Gasteiger partial charge in [-0.3, -0.25) is 10.2 Å². The average Bonchev–Trinajstić information content (AvgIpc) is 3.77. The molecule has 0 bridgehead atoms. The highest BCUT2D eigenvalue weighted by Crippen LogP contribution is 2.56. The topological polar surface area (TPSA) is 244 Å². The highest BCUT2D eigenvalue weighted by Gasteiger charge is 2.57. The van der Waals surface area contributed by atoms with Crippen LogP contribution >= 0.6 is 0 Å². The summed E-state index contributed by atoms with van der Waals surface area (Å²) in [7, 11) is 0. The van der Waals surface area contributed by atoms with Gasteiger partial charge in [-0.2, -0.15) is 20.2 Å². The second kappa shape index (κ2) is 16.1. The first-order valence-electron chi connectivity index (χ1n) is 22.1. The van der Waals surface area contributed by atoms with E-state index in [0.29, 0.717) is 38.3 Å². The Morgan fingerprint density at radius 3 is 1.36 bits per heavy atom. The van der Waals surface area contributed by atoms with E-state index >= 15 is 0 Å². The fourth-order valence-corrected chi connectivity index (χ4v) is 9.14. The first-order chi connectivity index (χ1) is 30.4. The number of nitrogens with one attached hydrogen (secondary N) is 4. The Hall–Kier alpha value is -6.72. The highest BCUT2D eigenvalue weighted by atomic mass is 16.6. The van der Waals surface area contributed by atoms with Crippen molar-refractivity contribution in [3.05, 3.63) is 60.9 Å². The van der Waals surface area contributed by atoms with Gasteiger partial charge in [-0.25, -0.2) is 19.6 Å². The third-order valence-corrected chi connectivity index (χ3v) is 12.9. The number of nitrogen functional groups attached to an aromatic ring is 2. The number of H-pyrrole nitrogens is 2. The lowest BCUT2D eigenvalue weighted by Gasteiger charge is -2.34. The van der Waals surface area contributed by atoms with Crippen LogP contribution in [0.25, 0.3) is 44.3 Å². The lowest BCUT2D eigenvalue weighted by molar-refractivity contribution is 0.0161. The number of fused-ring (bicyclic) bond motifs is 2. The Labute approximate surface area is 371 Å². The molecular weight excluding hydrogens is 813 g/mol. The van der Waals surface area contributed by atoms with Gasteiger partial charge in [0, 0.05) is 72.6 Å². The average molecular weight is 871 g/mol. The monoisotopic (exact) mass is 870 g/mol. The van der Waals surface area contributed by atoms with E-state index in [0.717, 1.165) is 94.5 Å². The minimum atomic E-state index is -0.471. The molecule has 2 amide bonds. The molecule has 2 atom stereocenters. The maximum Gasteiger partial charge on any atom is 0.410 e. The second-order valence-corrected chi connectivity index (χ2v) is 19.7. The fourth-order valence-electron chi connectivity index (χ4n) is 9.14. The van der Waals surface area contributed by atoms with Crippen LogP contribution in [0.15, 0.2) is 60.9 Å². The summed E-state index contributed by atoms with van der Waals surface area (Å²) >= 11 is 0. The predicted octanol–water partition coefficient (Wildman–Crippen LogP) is 7.61. The van der Waals surface area contributed by atoms with E-state index in [9.17, 15) is 9.59 Å². The molecule has 2 spiro atoms. The zero-order valence-corrected chi connectivity index (χ0v) is 37.4. The van der Waals surface area contributed by atoms with Gasteiger partial charge in [0.05, 0.1) is 22.4 Å². The van der Waals surface area contributed by atoms with E-state index < -0.39 is 11.2 Å². The number of aromatic amines is 2. The number of ether oxygens (including phenoxy) is 2. The van der Waals surface area contributed by atoms with Crippen molar-refractivity contribution in [2.45, 2.75) is 103 Å². The van der Waals surface area contributed by atoms with Crippen molar-refractivity contribution in [2.24, 2.45) is 10.8 Å². The van der Waals surface area contributed by atoms with Crippen LogP contribution in [0.1, 0.15) is 80.1 Å². The van der Waals surface area contributed by atoms with Crippen LogP contribution in [0.2, 0.25) is 0 Å². The summed E-state index contributed by atoms with van der Waals surface area (Å²) in [6, 6.07) is 16.6. The summed E-state index contributed by atoms with van der Waals surface area (Å²) in [4.78, 5) is 46.2. The molecule has 0 unspecified atom stereocenters. The molecule has 64 heavy (non-hydrogen) atoms. The van der Waals surface area contributed by atoms with Crippen LogP contribution in [0.5, 0.6) is 0 Å². The largest absolute Gasteiger partial charge is 0.444 e. The van der Waals surface area contributed by atoms with Crippen molar-refractivity contribution >= 4 is 57.5 Å². The summed E-state index contributed by atoms with van der Waals surface area (Å²) in [5.41, 5.74) is 16.9. The first-order valence-corrected chi connectivity index (χ1v) is 22.1. The standard InChI is InChI=1S/2C23H29N7O2/c2*1-22(2,3)32-21(31)30-10-7-23(8-11-30)13-18(23)27-19-15-5-4-14(16-6-9-25-29-16)12-17(15)26-20(24)28-19/h2*4-6,9,12,18H,7-8,10-11,13H2,1-3H3,(H,25,29)(H3,24,26,27,28)/t2*18-/m10/s1. The summed E-state index contributed by atoms with van der Waals surface area (Å²) in [5.74, 6) is 2.02. The van der Waals surface area contributed by atoms with Crippen LogP contribution in [0.4, 0.5) is 33.1 Å². The van der Waals surface area contributed by atoms with Gasteiger partial charge < -0.3 is 41.4 Å². The smallest absolute Gasteiger partial charge is 0.410 e. The number of hydrogen-bond donors (Lipinski definition) is 6. The molecule has 4 aliphatic rings. The fraction of sp³-hybridized carbons (Fsp3) is 0.478. The summed E-state index contributed by atoms with van der Waals surface area (Å²) < 4.78 is 11.0. The predicted molar refractivity (Wildman–Crippen MR) is 246 cm³/mol. The summed E-state index contributed by atoms with van der Waals surface area (Å²) in [6.45, 7) is 14.2. The number of benzene rings is 2. The number of anilines is 4. The molecule has 6 aromatic rings. The molecule has 18 heteroatoms. The van der Waals surface area contributed by atoms with Crippen LogP contribution in [-0.4, -0.2) is 112 Å². The number of carbonyl (C=O) groups excluding carboxylic acids is 2. The number of hydrogen-bond acceptors (Lipinski definition) is 14. The van der Waals surface area contributed by atoms with E-state index in [1.165, 1.54) is 0 Å². The van der Waals surface area contributed by atoms with Gasteiger partial charge in [-0.15, -0.1) is 0 Å². The Bertz CT molecular complexity index is 2470. The zero-order valence-electron chi connectivity index (χ0n) is 37.4. The Morgan fingerprint density at radius 1 is 0.625 bits per heavy atom. The number of rotatable bonds is 6. The van der Waals surface area contributed by atoms with Crippen molar-refractivity contribution < 1.29 is 19.1 Å². The minimum absolute atomic E-state index is 0.195. The SMILES string of the molecule is CC(C)(C)OC(=O)N1CCC2(CC1)C[C@@H]2Nc1nc(N)nc2cc(-c3ccn[nH]3)ccc12.CC(C)(C)OC(=O)N1CCC2(CC1)C[C@H]2Nc1nc(N)nc2cc(-c3ccn[nH]3)ccc12. The molecule has 2 saturated carbocycles. The molecule has 4 fully saturated rings. The van der Waals surface area contributed by atoms with Crippen LogP contribution < -0.4 is 22.1 Å². The molecule has 18 nitrogen and oxygen atoms in total. The molecule has 10 rings (SSSR count). The summed E-state index contributed by atoms with van der Waals surface area (Å²) in [5, 5.41) is 23.1. The molecule has 0 radical (unpaired) electrons. The molecule has 4 aromatic heterocycles. The number of piperidine rings is 2. The van der Waals surface area contributed by atoms with Gasteiger partial charge >= 0.3 is 12.2 Å². The van der Waals surface area contributed by atoms with Crippen molar-refractivity contribution in [3.63, 3.8) is 0 Å². The maximum atomic E-state index is 12.4. The molecule has 6 heterocycles. The van der Waals surface area contributed by atoms with E-state index in [4.69, 9.17) is 20.9 Å². The lowest BCUT2D eigenvalue weighted by Crippen LogP contribution is -2.43. The molecule has 2 saturated heterocycles. The number of amides is 2. The van der Waals surface area contributed by atoms with Gasteiger partial charge in [-0.1, -0.05) is 12.1 Å². The van der Waals surface area contributed by atoms with E-state index in [-0.39, 0.29) is 34.9 Å². The zero-order chi connectivity index (χ0) is 45.0. The maximum absolute atomic E-state index is 12.4. The molecule has 2 aliphatic heterocycles. The van der Waals surface area contributed by atoms with Gasteiger partial charge in [0.15, 0.2) is 0 Å². The Balaban J connectivity index is 0.000000162. The molecular formula is C46H58N14O4. The lowest BCUT2D eigenvalue weighted by atomic mass is 9.93. The van der Waals surface area contributed by atoms with Crippen molar-refractivity contribution in [1.82, 2.24) is 50.1 Å². The first kappa shape index (κ1) is 42.6. The number of nitrogens with two attached hydrogens (primary N) is 2. The molecule has 2 aliphatic carbocycles. The van der Waals surface area contributed by atoms with Crippen molar-refractivity contribution in [3.8, 4) is 22.5 Å². The third-order valence-electron chi connectivity index (χ3n) is 12.9. The van der Waals surface area contributed by atoms with E-state index in [1.54, 1.807) is 12.4 Å². The molecule has 2 aromatic carbocycles. The van der Waals surface area contributed by atoms with Crippen LogP contribution in [0.3, 0.4) is 0 Å². The molecule has 336 valence electrons. The van der Waals surface area contributed by atoms with Crippen LogP contribution in [0, 0.1) is 10.8 Å². The van der Waals surface area contributed by atoms with Gasteiger partial charge in [0.2, 0.25) is 11.9 Å². The molecule has 8 N–H and O–H groups in total. The van der Waals surface area contributed by atoms with Gasteiger partial charge in [0.25, 0.3) is 0 Å². The Morgan fingerprint density at radius 2 is 1.02 bits per heavy atom. The second-order valence-electron chi connectivity index (χ2n) is 19.7. The summed E-state index contributed by atoms with van der Waals surface area (Å²) in [6.07, 6.45) is 8.93. The quantitative estimate of drug-likeness (QED) is 0.0944. The highest BCUT2D eigenvalue weighted by molar-refractivity contribution is 5.94. The number of aromatic nitrogens is 8. The van der Waals surface area contributed by atoms with Gasteiger partial charge in [-0.05, 0) is 127 Å². The van der Waals surface area contributed by atoms with Crippen molar-refractivity contribution in [1.29, 1.82) is 0 Å². The number of carbonyl (C=O) groups is 2. The minimum Gasteiger partial charge on any atom is -0.444 e. The number of likely N-dealkylation sites (tertiary alicyclic amines) is 2.